The number of aryl methyl sites for hydroxylation is 1. The van der Waals surface area contributed by atoms with Crippen LogP contribution >= 0.6 is 27.7 Å². The first-order chi connectivity index (χ1) is 7.25. The van der Waals surface area contributed by atoms with E-state index in [1.54, 1.807) is 24.2 Å². The molecule has 0 radical (unpaired) electrons. The zero-order chi connectivity index (χ0) is 10.7. The number of hydrogen-bond acceptors (Lipinski definition) is 3. The Morgan fingerprint density at radius 1 is 1.13 bits per heavy atom. The predicted octanol–water partition coefficient (Wildman–Crippen LogP) is 3.70. The van der Waals surface area contributed by atoms with Crippen molar-refractivity contribution in [1.29, 1.82) is 0 Å². The highest BCUT2D eigenvalue weighted by atomic mass is 79.9. The standard InChI is InChI=1S/C11H9BrN2S/c1-8-10(12)2-3-11(14-8)15-9-4-6-13-7-5-9/h2-7H,1H3. The quantitative estimate of drug-likeness (QED) is 0.839. The van der Waals surface area contributed by atoms with E-state index in [0.29, 0.717) is 0 Å². The lowest BCUT2D eigenvalue weighted by atomic mass is 10.4. The van der Waals surface area contributed by atoms with Gasteiger partial charge in [0, 0.05) is 21.8 Å². The van der Waals surface area contributed by atoms with Crippen molar-refractivity contribution in [2.24, 2.45) is 0 Å². The number of aromatic nitrogens is 2. The Labute approximate surface area is 101 Å². The van der Waals surface area contributed by atoms with Crippen LogP contribution in [0.5, 0.6) is 0 Å². The van der Waals surface area contributed by atoms with Gasteiger partial charge in [0.25, 0.3) is 0 Å². The van der Waals surface area contributed by atoms with Gasteiger partial charge in [-0.3, -0.25) is 4.98 Å². The summed E-state index contributed by atoms with van der Waals surface area (Å²) < 4.78 is 1.04. The smallest absolute Gasteiger partial charge is 0.101 e. The maximum Gasteiger partial charge on any atom is 0.101 e. The van der Waals surface area contributed by atoms with Crippen LogP contribution in [-0.2, 0) is 0 Å². The summed E-state index contributed by atoms with van der Waals surface area (Å²) in [5.41, 5.74) is 1.01. The van der Waals surface area contributed by atoms with Crippen LogP contribution in [0.1, 0.15) is 5.69 Å². The van der Waals surface area contributed by atoms with Crippen LogP contribution in [0.25, 0.3) is 0 Å². The predicted molar refractivity (Wildman–Crippen MR) is 65.0 cm³/mol. The first-order valence-corrected chi connectivity index (χ1v) is 6.08. The monoisotopic (exact) mass is 280 g/mol. The SMILES string of the molecule is Cc1nc(Sc2ccncc2)ccc1Br. The lowest BCUT2D eigenvalue weighted by molar-refractivity contribution is 1.05. The Balaban J connectivity index is 2.22. The van der Waals surface area contributed by atoms with Crippen molar-refractivity contribution in [3.05, 3.63) is 46.8 Å². The molecule has 2 rings (SSSR count). The molecular formula is C11H9BrN2S. The largest absolute Gasteiger partial charge is 0.265 e. The molecule has 0 spiro atoms. The van der Waals surface area contributed by atoms with Gasteiger partial charge in [-0.2, -0.15) is 0 Å². The molecule has 15 heavy (non-hydrogen) atoms. The number of nitrogens with zero attached hydrogens (tertiary/aromatic N) is 2. The second kappa shape index (κ2) is 4.77. The van der Waals surface area contributed by atoms with E-state index >= 15 is 0 Å². The minimum absolute atomic E-state index is 1.00. The Hall–Kier alpha value is -0.870. The summed E-state index contributed by atoms with van der Waals surface area (Å²) in [6.07, 6.45) is 3.57. The molecule has 0 fully saturated rings. The average Bonchev–Trinajstić information content (AvgIpc) is 2.25. The highest BCUT2D eigenvalue weighted by Gasteiger charge is 2.01. The van der Waals surface area contributed by atoms with E-state index in [1.807, 2.05) is 31.2 Å². The number of rotatable bonds is 2. The molecule has 2 nitrogen and oxygen atoms in total. The van der Waals surface area contributed by atoms with E-state index in [2.05, 4.69) is 25.9 Å². The van der Waals surface area contributed by atoms with Gasteiger partial charge >= 0.3 is 0 Å². The molecule has 0 saturated carbocycles. The van der Waals surface area contributed by atoms with Crippen LogP contribution < -0.4 is 0 Å². The van der Waals surface area contributed by atoms with Gasteiger partial charge in [-0.25, -0.2) is 4.98 Å². The van der Waals surface area contributed by atoms with Crippen LogP contribution in [0.2, 0.25) is 0 Å². The van der Waals surface area contributed by atoms with Gasteiger partial charge in [0.1, 0.15) is 5.03 Å². The van der Waals surface area contributed by atoms with Crippen LogP contribution in [0.3, 0.4) is 0 Å². The Morgan fingerprint density at radius 3 is 2.53 bits per heavy atom. The lowest BCUT2D eigenvalue weighted by Crippen LogP contribution is -1.85. The summed E-state index contributed by atoms with van der Waals surface area (Å²) in [6.45, 7) is 1.99. The van der Waals surface area contributed by atoms with Gasteiger partial charge in [-0.1, -0.05) is 11.8 Å². The van der Waals surface area contributed by atoms with Crippen molar-refractivity contribution in [1.82, 2.24) is 9.97 Å². The van der Waals surface area contributed by atoms with Gasteiger partial charge in [0.05, 0.1) is 5.69 Å². The van der Waals surface area contributed by atoms with Crippen molar-refractivity contribution >= 4 is 27.7 Å². The third-order valence-electron chi connectivity index (χ3n) is 1.87. The summed E-state index contributed by atoms with van der Waals surface area (Å²) in [5.74, 6) is 0. The first kappa shape index (κ1) is 10.6. The van der Waals surface area contributed by atoms with Crippen molar-refractivity contribution in [2.45, 2.75) is 16.8 Å². The molecule has 0 aliphatic carbocycles. The van der Waals surface area contributed by atoms with Crippen molar-refractivity contribution in [3.8, 4) is 0 Å². The first-order valence-electron chi connectivity index (χ1n) is 4.47. The summed E-state index contributed by atoms with van der Waals surface area (Å²) >= 11 is 5.07. The zero-order valence-electron chi connectivity index (χ0n) is 8.14. The van der Waals surface area contributed by atoms with Crippen LogP contribution in [0.15, 0.2) is 51.1 Å². The Kier molecular flexibility index (Phi) is 3.38. The molecule has 4 heteroatoms. The van der Waals surface area contributed by atoms with Gasteiger partial charge < -0.3 is 0 Å². The van der Waals surface area contributed by atoms with Gasteiger partial charge in [-0.05, 0) is 47.1 Å². The molecule has 0 amide bonds. The number of pyridine rings is 2. The fourth-order valence-electron chi connectivity index (χ4n) is 1.10. The lowest BCUT2D eigenvalue weighted by Gasteiger charge is -2.02. The van der Waals surface area contributed by atoms with Gasteiger partial charge in [-0.15, -0.1) is 0 Å². The van der Waals surface area contributed by atoms with E-state index in [1.165, 1.54) is 0 Å². The molecule has 0 saturated heterocycles. The summed E-state index contributed by atoms with van der Waals surface area (Å²) in [5, 5.41) is 1.00. The van der Waals surface area contributed by atoms with Gasteiger partial charge in [0.2, 0.25) is 0 Å². The highest BCUT2D eigenvalue weighted by Crippen LogP contribution is 2.27. The van der Waals surface area contributed by atoms with Gasteiger partial charge in [0.15, 0.2) is 0 Å². The molecule has 0 N–H and O–H groups in total. The number of halogens is 1. The molecule has 0 aliphatic rings. The van der Waals surface area contributed by atoms with E-state index in [4.69, 9.17) is 0 Å². The maximum absolute atomic E-state index is 4.46. The molecule has 2 aromatic rings. The normalized spacial score (nSPS) is 10.3. The number of hydrogen-bond donors (Lipinski definition) is 0. The summed E-state index contributed by atoms with van der Waals surface area (Å²) in [4.78, 5) is 9.59. The molecule has 0 unspecified atom stereocenters. The molecule has 76 valence electrons. The topological polar surface area (TPSA) is 25.8 Å². The third kappa shape index (κ3) is 2.79. The highest BCUT2D eigenvalue weighted by molar-refractivity contribution is 9.10. The van der Waals surface area contributed by atoms with Crippen LogP contribution in [-0.4, -0.2) is 9.97 Å². The van der Waals surface area contributed by atoms with Crippen LogP contribution in [0, 0.1) is 6.92 Å². The molecule has 0 aromatic carbocycles. The molecule has 0 aliphatic heterocycles. The fraction of sp³-hybridized carbons (Fsp3) is 0.0909. The molecule has 0 bridgehead atoms. The molecule has 2 heterocycles. The van der Waals surface area contributed by atoms with Crippen molar-refractivity contribution in [3.63, 3.8) is 0 Å². The average molecular weight is 281 g/mol. The molecule has 0 atom stereocenters. The summed E-state index contributed by atoms with van der Waals surface area (Å²) in [6, 6.07) is 7.97. The Bertz CT molecular complexity index is 459. The van der Waals surface area contributed by atoms with E-state index < -0.39 is 0 Å². The van der Waals surface area contributed by atoms with Crippen molar-refractivity contribution < 1.29 is 0 Å². The Morgan fingerprint density at radius 2 is 1.87 bits per heavy atom. The second-order valence-electron chi connectivity index (χ2n) is 3.00. The zero-order valence-corrected chi connectivity index (χ0v) is 10.5. The van der Waals surface area contributed by atoms with Crippen molar-refractivity contribution in [2.75, 3.05) is 0 Å². The van der Waals surface area contributed by atoms with Crippen LogP contribution in [0.4, 0.5) is 0 Å². The van der Waals surface area contributed by atoms with E-state index in [9.17, 15) is 0 Å². The molecular weight excluding hydrogens is 272 g/mol. The van der Waals surface area contributed by atoms with E-state index in [0.717, 1.165) is 20.1 Å². The summed E-state index contributed by atoms with van der Waals surface area (Å²) in [7, 11) is 0. The fourth-order valence-corrected chi connectivity index (χ4v) is 2.14. The molecule has 2 aromatic heterocycles. The van der Waals surface area contributed by atoms with E-state index in [-0.39, 0.29) is 0 Å². The second-order valence-corrected chi connectivity index (χ2v) is 4.95. The maximum atomic E-state index is 4.46. The third-order valence-corrected chi connectivity index (χ3v) is 3.65. The minimum atomic E-state index is 1.00. The minimum Gasteiger partial charge on any atom is -0.265 e.